The van der Waals surface area contributed by atoms with E-state index in [4.69, 9.17) is 0 Å². The highest BCUT2D eigenvalue weighted by atomic mass is 16.2. The second-order valence-electron chi connectivity index (χ2n) is 5.22. The number of nitrogens with zero attached hydrogens (tertiary/aromatic N) is 2. The van der Waals surface area contributed by atoms with Crippen LogP contribution in [0.4, 0.5) is 5.69 Å². The summed E-state index contributed by atoms with van der Waals surface area (Å²) >= 11 is 0. The van der Waals surface area contributed by atoms with Crippen molar-refractivity contribution in [3.05, 3.63) is 81.1 Å². The summed E-state index contributed by atoms with van der Waals surface area (Å²) in [6, 6.07) is 14.8. The van der Waals surface area contributed by atoms with Gasteiger partial charge in [-0.05, 0) is 18.2 Å². The van der Waals surface area contributed by atoms with Crippen LogP contribution in [-0.2, 0) is 4.79 Å². The molecular weight excluding hydrogens is 296 g/mol. The smallest absolute Gasteiger partial charge is 0.324 e. The monoisotopic (exact) mass is 308 g/mol. The van der Waals surface area contributed by atoms with Gasteiger partial charge in [0.05, 0.1) is 5.69 Å². The molecule has 1 atom stereocenters. The van der Waals surface area contributed by atoms with E-state index >= 15 is 0 Å². The number of H-pyrrole nitrogens is 1. The van der Waals surface area contributed by atoms with Gasteiger partial charge in [0, 0.05) is 11.3 Å². The van der Waals surface area contributed by atoms with Gasteiger partial charge >= 0.3 is 11.4 Å². The standard InChI is InChI=1S/C16H12N4O3/c21-14-13(11-8-4-5-9-12(11)17-14)20-16(23)19(15(22)18-20)10-6-2-1-3-7-10/h1-9,13H,(H,17,21)(H,18,22). The Hall–Kier alpha value is -3.35. The van der Waals surface area contributed by atoms with Crippen molar-refractivity contribution in [3.63, 3.8) is 0 Å². The number of carbonyl (C=O) groups is 1. The van der Waals surface area contributed by atoms with E-state index in [9.17, 15) is 14.4 Å². The number of carbonyl (C=O) groups excluding carboxylic acids is 1. The molecule has 7 nitrogen and oxygen atoms in total. The van der Waals surface area contributed by atoms with Crippen molar-refractivity contribution in [2.45, 2.75) is 6.04 Å². The molecule has 0 bridgehead atoms. The van der Waals surface area contributed by atoms with Crippen LogP contribution in [0.25, 0.3) is 5.69 Å². The number of aromatic nitrogens is 3. The van der Waals surface area contributed by atoms with Crippen molar-refractivity contribution in [3.8, 4) is 5.69 Å². The number of nitrogens with one attached hydrogen (secondary N) is 2. The van der Waals surface area contributed by atoms with Crippen molar-refractivity contribution in [2.24, 2.45) is 0 Å². The largest absolute Gasteiger partial charge is 0.352 e. The fourth-order valence-electron chi connectivity index (χ4n) is 2.82. The number of benzene rings is 2. The number of rotatable bonds is 2. The zero-order valence-corrected chi connectivity index (χ0v) is 11.9. The number of amides is 1. The lowest BCUT2D eigenvalue weighted by atomic mass is 10.1. The van der Waals surface area contributed by atoms with Crippen molar-refractivity contribution in [2.75, 3.05) is 5.32 Å². The predicted molar refractivity (Wildman–Crippen MR) is 83.9 cm³/mol. The zero-order chi connectivity index (χ0) is 16.0. The first kappa shape index (κ1) is 13.3. The number of hydrogen-bond acceptors (Lipinski definition) is 3. The number of hydrogen-bond donors (Lipinski definition) is 2. The summed E-state index contributed by atoms with van der Waals surface area (Å²) in [5, 5.41) is 5.19. The van der Waals surface area contributed by atoms with E-state index in [1.165, 1.54) is 0 Å². The molecular formula is C16H12N4O3. The van der Waals surface area contributed by atoms with Crippen molar-refractivity contribution < 1.29 is 4.79 Å². The van der Waals surface area contributed by atoms with Crippen LogP contribution in [-0.4, -0.2) is 20.3 Å². The van der Waals surface area contributed by atoms with E-state index in [1.54, 1.807) is 54.6 Å². The van der Waals surface area contributed by atoms with E-state index in [2.05, 4.69) is 10.4 Å². The van der Waals surface area contributed by atoms with Gasteiger partial charge in [-0.25, -0.2) is 23.9 Å². The molecule has 0 saturated heterocycles. The molecule has 1 unspecified atom stereocenters. The molecule has 0 radical (unpaired) electrons. The topological polar surface area (TPSA) is 88.9 Å². The lowest BCUT2D eigenvalue weighted by molar-refractivity contribution is -0.117. The molecule has 1 amide bonds. The molecule has 2 N–H and O–H groups in total. The van der Waals surface area contributed by atoms with E-state index < -0.39 is 17.4 Å². The number of aromatic amines is 1. The van der Waals surface area contributed by atoms with Gasteiger partial charge < -0.3 is 5.32 Å². The Morgan fingerprint density at radius 1 is 0.870 bits per heavy atom. The maximum absolute atomic E-state index is 12.6. The lowest BCUT2D eigenvalue weighted by Crippen LogP contribution is -2.32. The van der Waals surface area contributed by atoms with Crippen molar-refractivity contribution >= 4 is 11.6 Å². The zero-order valence-electron chi connectivity index (χ0n) is 11.9. The highest BCUT2D eigenvalue weighted by molar-refractivity contribution is 6.02. The average Bonchev–Trinajstić information content (AvgIpc) is 3.03. The highest BCUT2D eigenvalue weighted by Crippen LogP contribution is 2.31. The minimum absolute atomic E-state index is 0.352. The van der Waals surface area contributed by atoms with Gasteiger partial charge in [-0.1, -0.05) is 36.4 Å². The maximum Gasteiger partial charge on any atom is 0.352 e. The molecule has 2 heterocycles. The van der Waals surface area contributed by atoms with Crippen LogP contribution in [0.2, 0.25) is 0 Å². The molecule has 0 saturated carbocycles. The van der Waals surface area contributed by atoms with Crippen LogP contribution in [0.5, 0.6) is 0 Å². The summed E-state index contributed by atoms with van der Waals surface area (Å²) < 4.78 is 2.07. The SMILES string of the molecule is O=C1Nc2ccccc2C1n1[nH]c(=O)n(-c2ccccc2)c1=O. The Labute approximate surface area is 129 Å². The fraction of sp³-hybridized carbons (Fsp3) is 0.0625. The summed E-state index contributed by atoms with van der Waals surface area (Å²) in [6.07, 6.45) is 0. The maximum atomic E-state index is 12.6. The molecule has 114 valence electrons. The first-order chi connectivity index (χ1) is 11.2. The van der Waals surface area contributed by atoms with Crippen molar-refractivity contribution in [1.82, 2.24) is 14.3 Å². The molecule has 0 fully saturated rings. The van der Waals surface area contributed by atoms with E-state index in [0.717, 1.165) is 9.25 Å². The number of fused-ring (bicyclic) bond motifs is 1. The average molecular weight is 308 g/mol. The van der Waals surface area contributed by atoms with Gasteiger partial charge in [-0.3, -0.25) is 4.79 Å². The quantitative estimate of drug-likeness (QED) is 0.736. The Kier molecular flexibility index (Phi) is 2.80. The summed E-state index contributed by atoms with van der Waals surface area (Å²) in [6.45, 7) is 0. The van der Waals surface area contributed by atoms with E-state index in [0.29, 0.717) is 16.9 Å². The Morgan fingerprint density at radius 2 is 1.57 bits per heavy atom. The molecule has 0 aliphatic carbocycles. The Balaban J connectivity index is 1.91. The van der Waals surface area contributed by atoms with Gasteiger partial charge in [0.2, 0.25) is 0 Å². The summed E-state index contributed by atoms with van der Waals surface area (Å²) in [5.41, 5.74) is 0.574. The number of anilines is 1. The molecule has 23 heavy (non-hydrogen) atoms. The van der Waals surface area contributed by atoms with Gasteiger partial charge in [0.15, 0.2) is 6.04 Å². The van der Waals surface area contributed by atoms with Gasteiger partial charge in [0.25, 0.3) is 5.91 Å². The predicted octanol–water partition coefficient (Wildman–Crippen LogP) is 0.869. The molecule has 0 spiro atoms. The van der Waals surface area contributed by atoms with Gasteiger partial charge in [-0.15, -0.1) is 0 Å². The highest BCUT2D eigenvalue weighted by Gasteiger charge is 2.34. The van der Waals surface area contributed by atoms with Crippen LogP contribution < -0.4 is 16.7 Å². The van der Waals surface area contributed by atoms with Crippen LogP contribution in [0.3, 0.4) is 0 Å². The summed E-state index contributed by atoms with van der Waals surface area (Å²) in [5.74, 6) is -0.352. The first-order valence-corrected chi connectivity index (χ1v) is 7.05. The molecule has 7 heteroatoms. The van der Waals surface area contributed by atoms with Crippen LogP contribution >= 0.6 is 0 Å². The van der Waals surface area contributed by atoms with Gasteiger partial charge in [0.1, 0.15) is 0 Å². The third kappa shape index (κ3) is 1.94. The van der Waals surface area contributed by atoms with Gasteiger partial charge in [-0.2, -0.15) is 0 Å². The van der Waals surface area contributed by atoms with Crippen LogP contribution in [0, 0.1) is 0 Å². The van der Waals surface area contributed by atoms with Crippen LogP contribution in [0.1, 0.15) is 11.6 Å². The molecule has 1 aliphatic rings. The minimum atomic E-state index is -0.878. The Morgan fingerprint density at radius 3 is 2.35 bits per heavy atom. The fourth-order valence-corrected chi connectivity index (χ4v) is 2.82. The third-order valence-electron chi connectivity index (χ3n) is 3.85. The summed E-state index contributed by atoms with van der Waals surface area (Å²) in [7, 11) is 0. The first-order valence-electron chi connectivity index (χ1n) is 7.05. The van der Waals surface area contributed by atoms with E-state index in [1.807, 2.05) is 0 Å². The molecule has 1 aromatic heterocycles. The lowest BCUT2D eigenvalue weighted by Gasteiger charge is -2.08. The molecule has 2 aromatic carbocycles. The number of para-hydroxylation sites is 2. The second kappa shape index (κ2) is 4.84. The normalized spacial score (nSPS) is 16.2. The molecule has 1 aliphatic heterocycles. The molecule has 3 aromatic rings. The molecule has 4 rings (SSSR count). The Bertz CT molecular complexity index is 1010. The summed E-state index contributed by atoms with van der Waals surface area (Å²) in [4.78, 5) is 37.1. The van der Waals surface area contributed by atoms with E-state index in [-0.39, 0.29) is 5.91 Å². The van der Waals surface area contributed by atoms with Crippen molar-refractivity contribution in [1.29, 1.82) is 0 Å². The third-order valence-corrected chi connectivity index (χ3v) is 3.85. The second-order valence-corrected chi connectivity index (χ2v) is 5.22. The van der Waals surface area contributed by atoms with Crippen LogP contribution in [0.15, 0.2) is 64.2 Å². The minimum Gasteiger partial charge on any atom is -0.324 e.